The van der Waals surface area contributed by atoms with Gasteiger partial charge in [0.1, 0.15) is 6.33 Å². The lowest BCUT2D eigenvalue weighted by Gasteiger charge is -2.42. The van der Waals surface area contributed by atoms with E-state index in [1.54, 1.807) is 12.5 Å². The summed E-state index contributed by atoms with van der Waals surface area (Å²) in [5.41, 5.74) is 1.94. The molecule has 154 valence electrons. The topological polar surface area (TPSA) is 49.3 Å². The molecule has 3 heterocycles. The maximum Gasteiger partial charge on any atom is 0.257 e. The predicted molar refractivity (Wildman–Crippen MR) is 111 cm³/mol. The van der Waals surface area contributed by atoms with Crippen molar-refractivity contribution < 1.29 is 4.79 Å². The maximum absolute atomic E-state index is 13.2. The summed E-state index contributed by atoms with van der Waals surface area (Å²) >= 11 is 0. The number of carbonyl (C=O) groups is 1. The van der Waals surface area contributed by atoms with Crippen molar-refractivity contribution in [3.8, 4) is 0 Å². The average molecular weight is 385 g/mol. The highest BCUT2D eigenvalue weighted by atomic mass is 16.2. The lowest BCUT2D eigenvalue weighted by Crippen LogP contribution is -2.47. The lowest BCUT2D eigenvalue weighted by atomic mass is 9.78. The average Bonchev–Trinajstić information content (AvgIpc) is 3.12. The van der Waals surface area contributed by atoms with Crippen molar-refractivity contribution in [2.75, 3.05) is 32.7 Å². The third kappa shape index (κ3) is 4.40. The van der Waals surface area contributed by atoms with E-state index in [-0.39, 0.29) is 5.91 Å². The second-order valence-corrected chi connectivity index (χ2v) is 9.45. The molecule has 0 aromatic carbocycles. The quantitative estimate of drug-likeness (QED) is 0.772. The number of hydrogen-bond donors (Lipinski definition) is 0. The van der Waals surface area contributed by atoms with Gasteiger partial charge in [0, 0.05) is 37.8 Å². The van der Waals surface area contributed by atoms with E-state index < -0.39 is 0 Å². The molecule has 1 aromatic rings. The molecule has 0 unspecified atom stereocenters. The third-order valence-corrected chi connectivity index (χ3v) is 7.22. The van der Waals surface area contributed by atoms with Crippen LogP contribution in [0.1, 0.15) is 80.8 Å². The van der Waals surface area contributed by atoms with Crippen molar-refractivity contribution in [1.29, 1.82) is 0 Å². The van der Waals surface area contributed by atoms with Gasteiger partial charge in [-0.2, -0.15) is 0 Å². The Kier molecular flexibility index (Phi) is 6.29. The number of hydrogen-bond acceptors (Lipinski definition) is 4. The Balaban J connectivity index is 1.39. The molecule has 0 radical (unpaired) electrons. The van der Waals surface area contributed by atoms with Gasteiger partial charge in [-0.3, -0.25) is 4.79 Å². The number of amides is 1. The van der Waals surface area contributed by atoms with E-state index in [1.165, 1.54) is 64.6 Å². The molecule has 5 heteroatoms. The summed E-state index contributed by atoms with van der Waals surface area (Å²) in [6, 6.07) is 0. The van der Waals surface area contributed by atoms with Crippen LogP contribution in [-0.2, 0) is 6.42 Å². The van der Waals surface area contributed by atoms with Gasteiger partial charge in [0.15, 0.2) is 0 Å². The van der Waals surface area contributed by atoms with E-state index in [9.17, 15) is 4.79 Å². The van der Waals surface area contributed by atoms with Crippen LogP contribution in [0.15, 0.2) is 12.5 Å². The Morgan fingerprint density at radius 3 is 2.82 bits per heavy atom. The molecule has 1 amide bonds. The lowest BCUT2D eigenvalue weighted by molar-refractivity contribution is 0.0629. The Morgan fingerprint density at radius 2 is 2.00 bits per heavy atom. The van der Waals surface area contributed by atoms with Crippen LogP contribution in [0.3, 0.4) is 0 Å². The fraction of sp³-hybridized carbons (Fsp3) is 0.783. The minimum Gasteiger partial charge on any atom is -0.338 e. The van der Waals surface area contributed by atoms with Crippen molar-refractivity contribution >= 4 is 5.91 Å². The van der Waals surface area contributed by atoms with Crippen LogP contribution in [0.25, 0.3) is 0 Å². The van der Waals surface area contributed by atoms with Crippen LogP contribution in [0.2, 0.25) is 0 Å². The molecule has 0 N–H and O–H groups in total. The van der Waals surface area contributed by atoms with Crippen molar-refractivity contribution in [1.82, 2.24) is 19.8 Å². The smallest absolute Gasteiger partial charge is 0.257 e. The maximum atomic E-state index is 13.2. The number of aryl methyl sites for hydroxylation is 1. The van der Waals surface area contributed by atoms with Crippen LogP contribution in [0.5, 0.6) is 0 Å². The molecule has 1 atom stereocenters. The molecule has 1 aliphatic carbocycles. The zero-order valence-corrected chi connectivity index (χ0v) is 17.5. The Bertz CT molecular complexity index is 672. The zero-order chi connectivity index (χ0) is 19.4. The second-order valence-electron chi connectivity index (χ2n) is 9.45. The highest BCUT2D eigenvalue weighted by Gasteiger charge is 2.43. The highest BCUT2D eigenvalue weighted by Crippen LogP contribution is 2.40. The van der Waals surface area contributed by atoms with Crippen molar-refractivity contribution in [2.45, 2.75) is 71.1 Å². The first kappa shape index (κ1) is 19.8. The molecule has 2 aliphatic heterocycles. The molecular weight excluding hydrogens is 348 g/mol. The first-order valence-electron chi connectivity index (χ1n) is 11.5. The van der Waals surface area contributed by atoms with Crippen LogP contribution < -0.4 is 0 Å². The fourth-order valence-corrected chi connectivity index (χ4v) is 5.78. The summed E-state index contributed by atoms with van der Waals surface area (Å²) in [6.45, 7) is 7.64. The molecule has 1 spiro atoms. The largest absolute Gasteiger partial charge is 0.338 e. The number of aromatic nitrogens is 2. The van der Waals surface area contributed by atoms with Gasteiger partial charge in [0.2, 0.25) is 0 Å². The summed E-state index contributed by atoms with van der Waals surface area (Å²) in [7, 11) is 0. The van der Waals surface area contributed by atoms with Gasteiger partial charge in [-0.15, -0.1) is 0 Å². The number of likely N-dealkylation sites (tertiary alicyclic amines) is 2. The van der Waals surface area contributed by atoms with Gasteiger partial charge in [-0.1, -0.05) is 32.6 Å². The molecule has 2 saturated heterocycles. The molecule has 1 saturated carbocycles. The van der Waals surface area contributed by atoms with Crippen molar-refractivity contribution in [2.24, 2.45) is 11.3 Å². The molecule has 3 fully saturated rings. The SMILES string of the molecule is CCCc1ncncc1C(=O)N1CC[C@@]2(CCCN(CC3CCCCC3)C2)C1. The summed E-state index contributed by atoms with van der Waals surface area (Å²) in [5, 5.41) is 0. The van der Waals surface area contributed by atoms with E-state index >= 15 is 0 Å². The predicted octanol–water partition coefficient (Wildman–Crippen LogP) is 3.94. The fourth-order valence-electron chi connectivity index (χ4n) is 5.78. The van der Waals surface area contributed by atoms with E-state index in [1.807, 2.05) is 0 Å². The van der Waals surface area contributed by atoms with Gasteiger partial charge in [0.25, 0.3) is 5.91 Å². The molecule has 1 aromatic heterocycles. The van der Waals surface area contributed by atoms with Gasteiger partial charge < -0.3 is 9.80 Å². The molecule has 0 bridgehead atoms. The van der Waals surface area contributed by atoms with Gasteiger partial charge in [-0.25, -0.2) is 9.97 Å². The number of carbonyl (C=O) groups excluding carboxylic acids is 1. The molecular formula is C23H36N4O. The highest BCUT2D eigenvalue weighted by molar-refractivity contribution is 5.95. The van der Waals surface area contributed by atoms with Gasteiger partial charge >= 0.3 is 0 Å². The van der Waals surface area contributed by atoms with Gasteiger partial charge in [-0.05, 0) is 51.0 Å². The first-order valence-corrected chi connectivity index (χ1v) is 11.5. The zero-order valence-electron chi connectivity index (χ0n) is 17.5. The Morgan fingerprint density at radius 1 is 1.14 bits per heavy atom. The number of rotatable bonds is 5. The number of nitrogens with zero attached hydrogens (tertiary/aromatic N) is 4. The first-order chi connectivity index (χ1) is 13.7. The number of piperidine rings is 1. The van der Waals surface area contributed by atoms with E-state index in [0.717, 1.165) is 49.5 Å². The Labute approximate surface area is 169 Å². The molecule has 28 heavy (non-hydrogen) atoms. The molecule has 4 rings (SSSR count). The summed E-state index contributed by atoms with van der Waals surface area (Å²) < 4.78 is 0. The molecule has 5 nitrogen and oxygen atoms in total. The van der Waals surface area contributed by atoms with E-state index in [0.29, 0.717) is 5.41 Å². The minimum atomic E-state index is 0.144. The Hall–Kier alpha value is -1.49. The van der Waals surface area contributed by atoms with E-state index in [4.69, 9.17) is 0 Å². The summed E-state index contributed by atoms with van der Waals surface area (Å²) in [6.07, 6.45) is 15.9. The van der Waals surface area contributed by atoms with Crippen LogP contribution in [0.4, 0.5) is 0 Å². The van der Waals surface area contributed by atoms with Crippen LogP contribution in [0, 0.1) is 11.3 Å². The van der Waals surface area contributed by atoms with Crippen LogP contribution in [-0.4, -0.2) is 58.4 Å². The third-order valence-electron chi connectivity index (χ3n) is 7.22. The second kappa shape index (κ2) is 8.89. The summed E-state index contributed by atoms with van der Waals surface area (Å²) in [5.74, 6) is 1.05. The normalized spacial score (nSPS) is 26.8. The standard InChI is InChI=1S/C23H36N4O/c1-2-7-21-20(14-24-18-25-21)22(28)27-13-11-23(17-27)10-6-12-26(16-23)15-19-8-4-3-5-9-19/h14,18-19H,2-13,15-17H2,1H3/t23-/m1/s1. The van der Waals surface area contributed by atoms with Crippen molar-refractivity contribution in [3.63, 3.8) is 0 Å². The monoisotopic (exact) mass is 384 g/mol. The van der Waals surface area contributed by atoms with Crippen LogP contribution >= 0.6 is 0 Å². The minimum absolute atomic E-state index is 0.144. The molecule has 3 aliphatic rings. The summed E-state index contributed by atoms with van der Waals surface area (Å²) in [4.78, 5) is 26.5. The van der Waals surface area contributed by atoms with Gasteiger partial charge in [0.05, 0.1) is 11.3 Å². The van der Waals surface area contributed by atoms with E-state index in [2.05, 4.69) is 26.7 Å². The van der Waals surface area contributed by atoms with Crippen molar-refractivity contribution in [3.05, 3.63) is 23.8 Å².